The SMILES string of the molecule is CC(C)(C)OC(=O)N1CCN(CC2CCNCC2)[C@H]2CC[C@H]21.O=C(O)C(=O)O. The van der Waals surface area contributed by atoms with Crippen LogP contribution in [0.3, 0.4) is 0 Å². The summed E-state index contributed by atoms with van der Waals surface area (Å²) in [6.45, 7) is 11.2. The molecule has 28 heavy (non-hydrogen) atoms. The molecule has 0 bridgehead atoms. The first-order valence-corrected chi connectivity index (χ1v) is 9.99. The Hall–Kier alpha value is -1.87. The van der Waals surface area contributed by atoms with E-state index in [2.05, 4.69) is 10.2 Å². The van der Waals surface area contributed by atoms with Crippen molar-refractivity contribution in [3.05, 3.63) is 0 Å². The van der Waals surface area contributed by atoms with Crippen molar-refractivity contribution < 1.29 is 29.3 Å². The van der Waals surface area contributed by atoms with E-state index in [0.29, 0.717) is 12.1 Å². The molecular formula is C19H33N3O6. The monoisotopic (exact) mass is 399 g/mol. The van der Waals surface area contributed by atoms with Crippen LogP contribution in [-0.2, 0) is 14.3 Å². The number of nitrogens with zero attached hydrogens (tertiary/aromatic N) is 2. The molecule has 0 unspecified atom stereocenters. The number of piperazine rings is 1. The number of nitrogens with one attached hydrogen (secondary N) is 1. The Kier molecular flexibility index (Phi) is 7.65. The first-order valence-electron chi connectivity index (χ1n) is 9.99. The van der Waals surface area contributed by atoms with Crippen LogP contribution in [0.1, 0.15) is 46.5 Å². The zero-order valence-electron chi connectivity index (χ0n) is 17.0. The minimum absolute atomic E-state index is 0.122. The second kappa shape index (κ2) is 9.56. The number of piperidine rings is 1. The first kappa shape index (κ1) is 22.4. The number of fused-ring (bicyclic) bond motifs is 1. The third-order valence-corrected chi connectivity index (χ3v) is 5.46. The fourth-order valence-corrected chi connectivity index (χ4v) is 3.99. The molecular weight excluding hydrogens is 366 g/mol. The summed E-state index contributed by atoms with van der Waals surface area (Å²) in [6.07, 6.45) is 4.83. The van der Waals surface area contributed by atoms with Crippen LogP contribution in [0.2, 0.25) is 0 Å². The molecule has 0 aromatic rings. The lowest BCUT2D eigenvalue weighted by Gasteiger charge is -2.54. The Bertz CT molecular complexity index is 559. The van der Waals surface area contributed by atoms with E-state index in [1.165, 1.54) is 25.8 Å². The number of amides is 1. The van der Waals surface area contributed by atoms with Crippen LogP contribution in [0.15, 0.2) is 0 Å². The predicted octanol–water partition coefficient (Wildman–Crippen LogP) is 1.23. The van der Waals surface area contributed by atoms with Gasteiger partial charge in [0.05, 0.1) is 6.04 Å². The highest BCUT2D eigenvalue weighted by atomic mass is 16.6. The highest BCUT2D eigenvalue weighted by Crippen LogP contribution is 2.35. The molecule has 3 N–H and O–H groups in total. The van der Waals surface area contributed by atoms with Crippen LogP contribution in [0.5, 0.6) is 0 Å². The molecule has 2 saturated heterocycles. The van der Waals surface area contributed by atoms with Gasteiger partial charge in [-0.25, -0.2) is 14.4 Å². The van der Waals surface area contributed by atoms with E-state index in [1.54, 1.807) is 0 Å². The second-order valence-corrected chi connectivity index (χ2v) is 8.68. The lowest BCUT2D eigenvalue weighted by Crippen LogP contribution is -2.66. The smallest absolute Gasteiger partial charge is 0.414 e. The Balaban J connectivity index is 0.000000409. The van der Waals surface area contributed by atoms with Crippen molar-refractivity contribution >= 4 is 18.0 Å². The van der Waals surface area contributed by atoms with Gasteiger partial charge in [-0.1, -0.05) is 0 Å². The van der Waals surface area contributed by atoms with Crippen molar-refractivity contribution in [3.8, 4) is 0 Å². The van der Waals surface area contributed by atoms with E-state index < -0.39 is 17.5 Å². The number of carboxylic acid groups (broad SMARTS) is 2. The number of rotatable bonds is 2. The molecule has 3 aliphatic rings. The molecule has 0 aromatic heterocycles. The first-order chi connectivity index (χ1) is 13.1. The Morgan fingerprint density at radius 1 is 0.964 bits per heavy atom. The van der Waals surface area contributed by atoms with Gasteiger partial charge in [-0.2, -0.15) is 0 Å². The van der Waals surface area contributed by atoms with E-state index >= 15 is 0 Å². The number of ether oxygens (including phenoxy) is 1. The van der Waals surface area contributed by atoms with Crippen LogP contribution in [0.4, 0.5) is 4.79 Å². The molecule has 0 aromatic carbocycles. The molecule has 1 amide bonds. The Labute approximate surface area is 166 Å². The lowest BCUT2D eigenvalue weighted by atomic mass is 9.81. The Morgan fingerprint density at radius 2 is 1.54 bits per heavy atom. The minimum atomic E-state index is -1.82. The summed E-state index contributed by atoms with van der Waals surface area (Å²) in [4.78, 5) is 35.2. The zero-order chi connectivity index (χ0) is 20.9. The van der Waals surface area contributed by atoms with Crippen molar-refractivity contribution in [3.63, 3.8) is 0 Å². The van der Waals surface area contributed by atoms with Crippen LogP contribution in [-0.4, -0.2) is 88.5 Å². The van der Waals surface area contributed by atoms with Crippen LogP contribution >= 0.6 is 0 Å². The Morgan fingerprint density at radius 3 is 2.00 bits per heavy atom. The fraction of sp³-hybridized carbons (Fsp3) is 0.842. The van der Waals surface area contributed by atoms with Gasteiger partial charge in [-0.15, -0.1) is 0 Å². The number of hydrogen-bond donors (Lipinski definition) is 3. The van der Waals surface area contributed by atoms with Gasteiger partial charge in [0.15, 0.2) is 0 Å². The molecule has 0 spiro atoms. The van der Waals surface area contributed by atoms with E-state index in [4.69, 9.17) is 24.5 Å². The molecule has 1 saturated carbocycles. The van der Waals surface area contributed by atoms with Crippen LogP contribution in [0.25, 0.3) is 0 Å². The normalized spacial score (nSPS) is 25.6. The van der Waals surface area contributed by atoms with Crippen molar-refractivity contribution in [1.29, 1.82) is 0 Å². The molecule has 3 rings (SSSR count). The predicted molar refractivity (Wildman–Crippen MR) is 102 cm³/mol. The van der Waals surface area contributed by atoms with Gasteiger partial charge in [-0.05, 0) is 65.5 Å². The van der Waals surface area contributed by atoms with Gasteiger partial charge in [0, 0.05) is 25.7 Å². The summed E-state index contributed by atoms with van der Waals surface area (Å²) in [7, 11) is 0. The average molecular weight is 399 g/mol. The summed E-state index contributed by atoms with van der Waals surface area (Å²) in [5, 5.41) is 18.2. The summed E-state index contributed by atoms with van der Waals surface area (Å²) < 4.78 is 5.58. The number of aliphatic carboxylic acids is 2. The van der Waals surface area contributed by atoms with Gasteiger partial charge in [-0.3, -0.25) is 4.90 Å². The van der Waals surface area contributed by atoms with Gasteiger partial charge in [0.2, 0.25) is 0 Å². The van der Waals surface area contributed by atoms with Gasteiger partial charge < -0.3 is 25.2 Å². The van der Waals surface area contributed by atoms with E-state index in [1.807, 2.05) is 25.7 Å². The number of carboxylic acids is 2. The van der Waals surface area contributed by atoms with Gasteiger partial charge in [0.25, 0.3) is 0 Å². The maximum atomic E-state index is 12.4. The third kappa shape index (κ3) is 6.34. The van der Waals surface area contributed by atoms with Gasteiger partial charge in [0.1, 0.15) is 5.60 Å². The highest BCUT2D eigenvalue weighted by molar-refractivity contribution is 6.27. The summed E-state index contributed by atoms with van der Waals surface area (Å²) >= 11 is 0. The third-order valence-electron chi connectivity index (χ3n) is 5.46. The topological polar surface area (TPSA) is 119 Å². The minimum Gasteiger partial charge on any atom is -0.473 e. The molecule has 9 heteroatoms. The molecule has 9 nitrogen and oxygen atoms in total. The summed E-state index contributed by atoms with van der Waals surface area (Å²) in [5.41, 5.74) is -0.400. The van der Waals surface area contributed by atoms with E-state index in [-0.39, 0.29) is 6.09 Å². The van der Waals surface area contributed by atoms with Crippen molar-refractivity contribution in [2.45, 2.75) is 64.1 Å². The van der Waals surface area contributed by atoms with Crippen molar-refractivity contribution in [2.24, 2.45) is 5.92 Å². The molecule has 1 aliphatic carbocycles. The summed E-state index contributed by atoms with van der Waals surface area (Å²) in [5.74, 6) is -2.82. The molecule has 0 radical (unpaired) electrons. The zero-order valence-corrected chi connectivity index (χ0v) is 17.0. The molecule has 3 fully saturated rings. The number of carbonyl (C=O) groups excluding carboxylic acids is 1. The van der Waals surface area contributed by atoms with E-state index in [0.717, 1.165) is 38.5 Å². The maximum absolute atomic E-state index is 12.4. The van der Waals surface area contributed by atoms with Crippen molar-refractivity contribution in [2.75, 3.05) is 32.7 Å². The number of carbonyl (C=O) groups is 3. The van der Waals surface area contributed by atoms with Crippen LogP contribution < -0.4 is 5.32 Å². The molecule has 2 atom stereocenters. The lowest BCUT2D eigenvalue weighted by molar-refractivity contribution is -0.159. The molecule has 2 aliphatic heterocycles. The van der Waals surface area contributed by atoms with Crippen molar-refractivity contribution in [1.82, 2.24) is 15.1 Å². The standard InChI is InChI=1S/C17H31N3O2.C2H2O4/c1-17(2,3)22-16(21)20-11-10-19(14-4-5-15(14)20)12-13-6-8-18-9-7-13;3-1(4)2(5)6/h13-15,18H,4-12H2,1-3H3;(H,3,4)(H,5,6)/t14-,15+;/m0./s1. The number of hydrogen-bond acceptors (Lipinski definition) is 6. The highest BCUT2D eigenvalue weighted by Gasteiger charge is 2.46. The van der Waals surface area contributed by atoms with E-state index in [9.17, 15) is 4.79 Å². The quantitative estimate of drug-likeness (QED) is 0.593. The van der Waals surface area contributed by atoms with Gasteiger partial charge >= 0.3 is 18.0 Å². The molecule has 2 heterocycles. The van der Waals surface area contributed by atoms with Crippen LogP contribution in [0, 0.1) is 5.92 Å². The largest absolute Gasteiger partial charge is 0.473 e. The average Bonchev–Trinajstić information content (AvgIpc) is 2.56. The fourth-order valence-electron chi connectivity index (χ4n) is 3.99. The molecule has 160 valence electrons. The maximum Gasteiger partial charge on any atom is 0.414 e. The second-order valence-electron chi connectivity index (χ2n) is 8.68. The summed E-state index contributed by atoms with van der Waals surface area (Å²) in [6, 6.07) is 0.946.